The largest absolute Gasteiger partial charge is 0.310 e. The van der Waals surface area contributed by atoms with E-state index in [1.807, 2.05) is 0 Å². The quantitative estimate of drug-likeness (QED) is 0.126. The normalized spacial score (nSPS) is 14.5. The number of hydrogen-bond acceptors (Lipinski definition) is 2. The molecule has 0 unspecified atom stereocenters. The monoisotopic (exact) mass is 1140 g/mol. The minimum Gasteiger partial charge on any atom is -0.310 e. The zero-order valence-electron chi connectivity index (χ0n) is 52.0. The molecule has 89 heavy (non-hydrogen) atoms. The Labute approximate surface area is 525 Å². The highest BCUT2D eigenvalue weighted by atomic mass is 15.1. The van der Waals surface area contributed by atoms with Crippen molar-refractivity contribution >= 4 is 58.4 Å². The molecule has 12 aromatic carbocycles. The van der Waals surface area contributed by atoms with Crippen LogP contribution in [0.15, 0.2) is 255 Å². The first kappa shape index (κ1) is 54.1. The molecule has 16 rings (SSSR count). The summed E-state index contributed by atoms with van der Waals surface area (Å²) in [7, 11) is 0. The van der Waals surface area contributed by atoms with Crippen LogP contribution >= 0.6 is 0 Å². The third-order valence-corrected chi connectivity index (χ3v) is 20.0. The lowest BCUT2D eigenvalue weighted by atomic mass is 9.70. The highest BCUT2D eigenvalue weighted by Crippen LogP contribution is 2.63. The van der Waals surface area contributed by atoms with Crippen LogP contribution in [0.25, 0.3) is 68.8 Å². The summed E-state index contributed by atoms with van der Waals surface area (Å²) in [6.45, 7) is 18.3. The Balaban J connectivity index is 0.720. The zero-order valence-corrected chi connectivity index (χ0v) is 52.0. The minimum absolute atomic E-state index is 0.206. The van der Waals surface area contributed by atoms with Gasteiger partial charge in [-0.3, -0.25) is 0 Å². The first-order valence-electron chi connectivity index (χ1n) is 31.5. The van der Waals surface area contributed by atoms with Crippen LogP contribution in [0.1, 0.15) is 117 Å². The summed E-state index contributed by atoms with van der Waals surface area (Å²) in [6.07, 6.45) is 9.30. The molecule has 4 aliphatic rings. The molecule has 4 aliphatic carbocycles. The molecule has 0 aliphatic heterocycles. The molecule has 0 N–H and O–H groups in total. The number of hydrogen-bond donors (Lipinski definition) is 0. The Morgan fingerprint density at radius 2 is 0.483 bits per heavy atom. The van der Waals surface area contributed by atoms with Crippen molar-refractivity contribution < 1.29 is 0 Å². The van der Waals surface area contributed by atoms with Gasteiger partial charge >= 0.3 is 0 Å². The van der Waals surface area contributed by atoms with Crippen LogP contribution in [0.4, 0.5) is 34.1 Å². The van der Waals surface area contributed by atoms with Gasteiger partial charge < -0.3 is 9.80 Å². The molecule has 0 heterocycles. The van der Waals surface area contributed by atoms with E-state index in [2.05, 4.69) is 344 Å². The number of nitrogens with zero attached hydrogens (tertiary/aromatic N) is 2. The molecular weight excluding hydrogens is 1070 g/mol. The molecule has 0 saturated carbocycles. The van der Waals surface area contributed by atoms with E-state index in [-0.39, 0.29) is 10.8 Å². The van der Waals surface area contributed by atoms with Crippen molar-refractivity contribution in [2.75, 3.05) is 9.80 Å². The van der Waals surface area contributed by atoms with Gasteiger partial charge in [0, 0.05) is 45.0 Å². The maximum Gasteiger partial charge on any atom is 0.0725 e. The second kappa shape index (κ2) is 20.4. The first-order valence-corrected chi connectivity index (χ1v) is 31.5. The van der Waals surface area contributed by atoms with Crippen molar-refractivity contribution in [3.05, 3.63) is 344 Å². The fourth-order valence-electron chi connectivity index (χ4n) is 15.7. The van der Waals surface area contributed by atoms with Gasteiger partial charge in [0.1, 0.15) is 0 Å². The number of rotatable bonds is 10. The first-order chi connectivity index (χ1) is 43.2. The standard InChI is InChI=1S/C87H70N2/c1-55-17-13-21-63(45-55)88(64-22-14-18-56(2)46-64)67-37-43-73-71-39-33-59(49-79(71)85(5,6)81(73)53-67)29-31-61-35-41-75-76-42-36-62(52-84(76)87(83(75)51-61)77-27-11-9-25-69(77)70-26-10-12-28-78(70)87)32-30-60-34-40-72-74-44-38-68(54-82(74)86(7,8)80(72)50-60)89(65-23-15-19-57(3)47-65)66-24-16-20-58(4)48-66/h9-54H,1-8H3/b31-29+,32-30+. The lowest BCUT2D eigenvalue weighted by Gasteiger charge is -2.30. The van der Waals surface area contributed by atoms with Crippen LogP contribution in [0.3, 0.4) is 0 Å². The van der Waals surface area contributed by atoms with Crippen molar-refractivity contribution in [2.24, 2.45) is 0 Å². The van der Waals surface area contributed by atoms with Gasteiger partial charge in [0.05, 0.1) is 5.41 Å². The molecule has 0 radical (unpaired) electrons. The molecule has 12 aromatic rings. The Kier molecular flexibility index (Phi) is 12.4. The summed E-state index contributed by atoms with van der Waals surface area (Å²) in [5, 5.41) is 0. The van der Waals surface area contributed by atoms with Gasteiger partial charge in [0.25, 0.3) is 0 Å². The molecule has 428 valence electrons. The summed E-state index contributed by atoms with van der Waals surface area (Å²) in [5.41, 5.74) is 37.0. The Morgan fingerprint density at radius 1 is 0.225 bits per heavy atom. The molecule has 2 nitrogen and oxygen atoms in total. The van der Waals surface area contributed by atoms with Gasteiger partial charge in [-0.05, 0) is 246 Å². The van der Waals surface area contributed by atoms with Crippen molar-refractivity contribution in [3.8, 4) is 44.5 Å². The molecule has 0 bridgehead atoms. The minimum atomic E-state index is -0.488. The number of benzene rings is 12. The smallest absolute Gasteiger partial charge is 0.0725 e. The van der Waals surface area contributed by atoms with Crippen LogP contribution in [0.2, 0.25) is 0 Å². The van der Waals surface area contributed by atoms with Gasteiger partial charge in [-0.15, -0.1) is 0 Å². The van der Waals surface area contributed by atoms with Crippen LogP contribution < -0.4 is 9.80 Å². The molecule has 1 spiro atoms. The van der Waals surface area contributed by atoms with Gasteiger partial charge in [-0.25, -0.2) is 0 Å². The highest BCUT2D eigenvalue weighted by Gasteiger charge is 2.52. The molecular formula is C87H70N2. The predicted molar refractivity (Wildman–Crippen MR) is 377 cm³/mol. The van der Waals surface area contributed by atoms with E-state index in [0.29, 0.717) is 0 Å². The second-order valence-electron chi connectivity index (χ2n) is 26.5. The lowest BCUT2D eigenvalue weighted by Crippen LogP contribution is -2.26. The van der Waals surface area contributed by atoms with Crippen molar-refractivity contribution in [1.29, 1.82) is 0 Å². The Bertz CT molecular complexity index is 4580. The fourth-order valence-corrected chi connectivity index (χ4v) is 15.7. The van der Waals surface area contributed by atoms with Gasteiger partial charge in [-0.1, -0.05) is 222 Å². The summed E-state index contributed by atoms with van der Waals surface area (Å²) in [6, 6.07) is 96.3. The van der Waals surface area contributed by atoms with E-state index >= 15 is 0 Å². The van der Waals surface area contributed by atoms with Crippen LogP contribution in [-0.2, 0) is 16.2 Å². The maximum atomic E-state index is 2.49. The zero-order chi connectivity index (χ0) is 60.5. The number of aryl methyl sites for hydroxylation is 4. The van der Waals surface area contributed by atoms with E-state index in [4.69, 9.17) is 0 Å². The molecule has 0 amide bonds. The number of fused-ring (bicyclic) bond motifs is 16. The van der Waals surface area contributed by atoms with Crippen LogP contribution in [-0.4, -0.2) is 0 Å². The molecule has 0 fully saturated rings. The average Bonchev–Trinajstić information content (AvgIpc) is 1.52. The van der Waals surface area contributed by atoms with Crippen molar-refractivity contribution in [2.45, 2.75) is 71.6 Å². The van der Waals surface area contributed by atoms with Gasteiger partial charge in [0.15, 0.2) is 0 Å². The Hall–Kier alpha value is -10.3. The van der Waals surface area contributed by atoms with Crippen molar-refractivity contribution in [1.82, 2.24) is 0 Å². The van der Waals surface area contributed by atoms with E-state index in [1.165, 1.54) is 145 Å². The molecule has 0 atom stereocenters. The maximum absolute atomic E-state index is 2.49. The predicted octanol–water partition coefficient (Wildman–Crippen LogP) is 23.2. The van der Waals surface area contributed by atoms with Crippen LogP contribution in [0.5, 0.6) is 0 Å². The summed E-state index contributed by atoms with van der Waals surface area (Å²) in [4.78, 5) is 4.81. The summed E-state index contributed by atoms with van der Waals surface area (Å²) < 4.78 is 0. The number of anilines is 6. The highest BCUT2D eigenvalue weighted by molar-refractivity contribution is 5.97. The average molecular weight is 1140 g/mol. The third-order valence-electron chi connectivity index (χ3n) is 20.0. The lowest BCUT2D eigenvalue weighted by molar-refractivity contribution is 0.660. The molecule has 2 heteroatoms. The van der Waals surface area contributed by atoms with E-state index in [9.17, 15) is 0 Å². The van der Waals surface area contributed by atoms with Crippen LogP contribution in [0, 0.1) is 27.7 Å². The molecule has 0 aromatic heterocycles. The SMILES string of the molecule is Cc1cccc(N(c2cccc(C)c2)c2ccc3c(c2)C(C)(C)c2cc(/C=C/c4ccc5c(c4)C4(c6ccccc6-c6ccccc64)c4cc(/C=C/c6ccc7c(c6)C(C)(C)c6cc(N(c8cccc(C)c8)c8cccc(C)c8)ccc6-7)ccc4-5)ccc2-3)c1. The van der Waals surface area contributed by atoms with Gasteiger partial charge in [-0.2, -0.15) is 0 Å². The fraction of sp³-hybridized carbons (Fsp3) is 0.126. The van der Waals surface area contributed by atoms with E-state index < -0.39 is 5.41 Å². The van der Waals surface area contributed by atoms with Gasteiger partial charge in [0.2, 0.25) is 0 Å². The van der Waals surface area contributed by atoms with Crippen molar-refractivity contribution in [3.63, 3.8) is 0 Å². The third kappa shape index (κ3) is 8.59. The molecule has 0 saturated heterocycles. The van der Waals surface area contributed by atoms with E-state index in [1.54, 1.807) is 0 Å². The van der Waals surface area contributed by atoms with E-state index in [0.717, 1.165) is 22.7 Å². The topological polar surface area (TPSA) is 6.48 Å². The summed E-state index contributed by atoms with van der Waals surface area (Å²) in [5.74, 6) is 0. The second-order valence-corrected chi connectivity index (χ2v) is 26.5. The summed E-state index contributed by atoms with van der Waals surface area (Å²) >= 11 is 0. The Morgan fingerprint density at radius 3 is 0.809 bits per heavy atom.